The minimum atomic E-state index is -0.232. The summed E-state index contributed by atoms with van der Waals surface area (Å²) in [5, 5.41) is 7.36. The molecule has 2 aromatic rings. The van der Waals surface area contributed by atoms with Crippen LogP contribution in [0, 0.1) is 0 Å². The van der Waals surface area contributed by atoms with Crippen LogP contribution in [0.1, 0.15) is 28.5 Å². The van der Waals surface area contributed by atoms with E-state index in [0.717, 1.165) is 17.7 Å². The summed E-state index contributed by atoms with van der Waals surface area (Å²) in [5.41, 5.74) is 2.38. The van der Waals surface area contributed by atoms with Crippen LogP contribution < -0.4 is 5.32 Å². The molecule has 5 nitrogen and oxygen atoms in total. The van der Waals surface area contributed by atoms with Crippen molar-refractivity contribution in [3.8, 4) is 0 Å². The van der Waals surface area contributed by atoms with Gasteiger partial charge in [0.05, 0.1) is 11.3 Å². The largest absolute Gasteiger partial charge is 0.348 e. The summed E-state index contributed by atoms with van der Waals surface area (Å²) in [6.07, 6.45) is 4.29. The molecule has 1 N–H and O–H groups in total. The summed E-state index contributed by atoms with van der Waals surface area (Å²) in [7, 11) is 1.86. The Kier molecular flexibility index (Phi) is 4.16. The Morgan fingerprint density at radius 1 is 1.53 bits per heavy atom. The number of aromatic nitrogens is 3. The fourth-order valence-corrected chi connectivity index (χ4v) is 2.06. The third-order valence-electron chi connectivity index (χ3n) is 2.77. The topological polar surface area (TPSA) is 59.8 Å². The molecule has 2 rings (SSSR count). The first-order chi connectivity index (χ1) is 9.11. The van der Waals surface area contributed by atoms with Gasteiger partial charge in [-0.25, -0.2) is 4.98 Å². The van der Waals surface area contributed by atoms with E-state index in [0.29, 0.717) is 12.1 Å². The number of pyridine rings is 1. The highest BCUT2D eigenvalue weighted by Crippen LogP contribution is 2.12. The van der Waals surface area contributed by atoms with Crippen LogP contribution in [0.3, 0.4) is 0 Å². The molecule has 0 aliphatic carbocycles. The molecule has 100 valence electrons. The fourth-order valence-electron chi connectivity index (χ4n) is 1.86. The summed E-state index contributed by atoms with van der Waals surface area (Å²) in [5.74, 6) is -0.232. The molecule has 0 saturated heterocycles. The number of rotatable bonds is 4. The molecule has 2 heterocycles. The average Bonchev–Trinajstić information content (AvgIpc) is 2.77. The molecular weight excluding hydrogens is 264 g/mol. The van der Waals surface area contributed by atoms with Gasteiger partial charge in [-0.1, -0.05) is 18.5 Å². The van der Waals surface area contributed by atoms with Gasteiger partial charge in [-0.2, -0.15) is 5.10 Å². The zero-order chi connectivity index (χ0) is 13.8. The van der Waals surface area contributed by atoms with Gasteiger partial charge < -0.3 is 5.32 Å². The number of carbonyl (C=O) groups excluding carboxylic acids is 1. The van der Waals surface area contributed by atoms with Crippen molar-refractivity contribution in [1.82, 2.24) is 20.1 Å². The summed E-state index contributed by atoms with van der Waals surface area (Å²) in [6.45, 7) is 2.46. The molecule has 0 atom stereocenters. The maximum absolute atomic E-state index is 12.0. The Morgan fingerprint density at radius 3 is 3.00 bits per heavy atom. The second kappa shape index (κ2) is 5.84. The first-order valence-electron chi connectivity index (χ1n) is 6.02. The van der Waals surface area contributed by atoms with Crippen LogP contribution in [0.25, 0.3) is 0 Å². The Balaban J connectivity index is 2.06. The molecule has 0 radical (unpaired) electrons. The van der Waals surface area contributed by atoms with Crippen LogP contribution in [0.2, 0.25) is 5.15 Å². The smallest absolute Gasteiger partial charge is 0.254 e. The Bertz CT molecular complexity index is 594. The van der Waals surface area contributed by atoms with Crippen molar-refractivity contribution in [3.63, 3.8) is 0 Å². The summed E-state index contributed by atoms with van der Waals surface area (Å²) < 4.78 is 1.75. The molecule has 0 fully saturated rings. The molecule has 19 heavy (non-hydrogen) atoms. The maximum atomic E-state index is 12.0. The summed E-state index contributed by atoms with van der Waals surface area (Å²) >= 11 is 5.88. The van der Waals surface area contributed by atoms with Crippen molar-refractivity contribution in [2.75, 3.05) is 0 Å². The number of hydrogen-bond acceptors (Lipinski definition) is 3. The van der Waals surface area contributed by atoms with Crippen LogP contribution in [-0.2, 0) is 20.0 Å². The van der Waals surface area contributed by atoms with Crippen molar-refractivity contribution < 1.29 is 4.79 Å². The van der Waals surface area contributed by atoms with Crippen LogP contribution in [0.5, 0.6) is 0 Å². The van der Waals surface area contributed by atoms with Crippen molar-refractivity contribution in [3.05, 3.63) is 46.5 Å². The van der Waals surface area contributed by atoms with Gasteiger partial charge in [-0.15, -0.1) is 0 Å². The minimum absolute atomic E-state index is 0.210. The van der Waals surface area contributed by atoms with Gasteiger partial charge in [-0.3, -0.25) is 9.48 Å². The lowest BCUT2D eigenvalue weighted by Crippen LogP contribution is -2.23. The highest BCUT2D eigenvalue weighted by atomic mass is 35.5. The SMILES string of the molecule is CCc1nn(C)cc1CNC(=O)c1cccnc1Cl. The molecule has 0 bridgehead atoms. The number of nitrogens with one attached hydrogen (secondary N) is 1. The van der Waals surface area contributed by atoms with Crippen molar-refractivity contribution in [2.45, 2.75) is 19.9 Å². The first kappa shape index (κ1) is 13.5. The molecule has 0 aliphatic rings. The Hall–Kier alpha value is -1.88. The highest BCUT2D eigenvalue weighted by Gasteiger charge is 2.12. The van der Waals surface area contributed by atoms with E-state index in [-0.39, 0.29) is 11.1 Å². The first-order valence-corrected chi connectivity index (χ1v) is 6.39. The zero-order valence-electron chi connectivity index (χ0n) is 10.9. The van der Waals surface area contributed by atoms with E-state index < -0.39 is 0 Å². The summed E-state index contributed by atoms with van der Waals surface area (Å²) in [4.78, 5) is 15.9. The predicted molar refractivity (Wildman–Crippen MR) is 73.0 cm³/mol. The van der Waals surface area contributed by atoms with Gasteiger partial charge >= 0.3 is 0 Å². The number of nitrogens with zero attached hydrogens (tertiary/aromatic N) is 3. The average molecular weight is 279 g/mol. The lowest BCUT2D eigenvalue weighted by Gasteiger charge is -2.05. The second-order valence-corrected chi connectivity index (χ2v) is 4.51. The number of halogens is 1. The van der Waals surface area contributed by atoms with Crippen LogP contribution in [0.15, 0.2) is 24.5 Å². The lowest BCUT2D eigenvalue weighted by molar-refractivity contribution is 0.0950. The number of hydrogen-bond donors (Lipinski definition) is 1. The quantitative estimate of drug-likeness (QED) is 0.870. The predicted octanol–water partition coefficient (Wildman–Crippen LogP) is 1.96. The van der Waals surface area contributed by atoms with Gasteiger partial charge in [0.25, 0.3) is 5.91 Å². The standard InChI is InChI=1S/C13H15ClN4O/c1-3-11-9(8-18(2)17-11)7-16-13(19)10-5-4-6-15-12(10)14/h4-6,8H,3,7H2,1-2H3,(H,16,19). The summed E-state index contributed by atoms with van der Waals surface area (Å²) in [6, 6.07) is 3.33. The van der Waals surface area contributed by atoms with E-state index in [1.165, 1.54) is 0 Å². The van der Waals surface area contributed by atoms with E-state index in [1.54, 1.807) is 23.0 Å². The minimum Gasteiger partial charge on any atom is -0.348 e. The monoisotopic (exact) mass is 278 g/mol. The molecule has 1 amide bonds. The van der Waals surface area contributed by atoms with Crippen LogP contribution in [-0.4, -0.2) is 20.7 Å². The van der Waals surface area contributed by atoms with E-state index in [4.69, 9.17) is 11.6 Å². The molecular formula is C13H15ClN4O. The Labute approximate surface area is 116 Å². The van der Waals surface area contributed by atoms with E-state index in [2.05, 4.69) is 15.4 Å². The molecule has 0 spiro atoms. The van der Waals surface area contributed by atoms with E-state index in [9.17, 15) is 4.79 Å². The molecule has 0 saturated carbocycles. The third kappa shape index (κ3) is 3.12. The van der Waals surface area contributed by atoms with Crippen molar-refractivity contribution >= 4 is 17.5 Å². The van der Waals surface area contributed by atoms with E-state index >= 15 is 0 Å². The molecule has 0 aromatic carbocycles. The van der Waals surface area contributed by atoms with Gasteiger partial charge in [-0.05, 0) is 18.6 Å². The molecule has 2 aromatic heterocycles. The van der Waals surface area contributed by atoms with Crippen LogP contribution >= 0.6 is 11.6 Å². The van der Waals surface area contributed by atoms with Crippen molar-refractivity contribution in [1.29, 1.82) is 0 Å². The van der Waals surface area contributed by atoms with Gasteiger partial charge in [0.2, 0.25) is 0 Å². The maximum Gasteiger partial charge on any atom is 0.254 e. The molecule has 6 heteroatoms. The van der Waals surface area contributed by atoms with Gasteiger partial charge in [0, 0.05) is 31.5 Å². The number of carbonyl (C=O) groups is 1. The van der Waals surface area contributed by atoms with Gasteiger partial charge in [0.15, 0.2) is 0 Å². The van der Waals surface area contributed by atoms with Gasteiger partial charge in [0.1, 0.15) is 5.15 Å². The third-order valence-corrected chi connectivity index (χ3v) is 3.07. The van der Waals surface area contributed by atoms with Crippen molar-refractivity contribution in [2.24, 2.45) is 7.05 Å². The van der Waals surface area contributed by atoms with Crippen LogP contribution in [0.4, 0.5) is 0 Å². The number of amides is 1. The normalized spacial score (nSPS) is 10.5. The zero-order valence-corrected chi connectivity index (χ0v) is 11.6. The molecule has 0 unspecified atom stereocenters. The molecule has 0 aliphatic heterocycles. The second-order valence-electron chi connectivity index (χ2n) is 4.15. The lowest BCUT2D eigenvalue weighted by atomic mass is 10.2. The Morgan fingerprint density at radius 2 is 2.32 bits per heavy atom. The fraction of sp³-hybridized carbons (Fsp3) is 0.308. The number of aryl methyl sites for hydroxylation is 2. The highest BCUT2D eigenvalue weighted by molar-refractivity contribution is 6.32. The van der Waals surface area contributed by atoms with E-state index in [1.807, 2.05) is 20.2 Å².